The van der Waals surface area contributed by atoms with Gasteiger partial charge in [0.2, 0.25) is 11.8 Å². The molecule has 3 aromatic rings. The zero-order valence-electron chi connectivity index (χ0n) is 17.4. The number of fused-ring (bicyclic) bond motifs is 2. The van der Waals surface area contributed by atoms with Gasteiger partial charge in [-0.25, -0.2) is 8.78 Å². The van der Waals surface area contributed by atoms with Crippen molar-refractivity contribution in [2.24, 2.45) is 5.73 Å². The number of hydrogen-bond acceptors (Lipinski definition) is 2. The largest absolute Gasteiger partial charge is 0.369 e. The van der Waals surface area contributed by atoms with Gasteiger partial charge in [0.1, 0.15) is 12.0 Å². The number of primary amides is 1. The number of benzene rings is 2. The molecule has 1 aromatic heterocycles. The van der Waals surface area contributed by atoms with E-state index in [0.717, 1.165) is 17.3 Å². The van der Waals surface area contributed by atoms with Gasteiger partial charge in [-0.15, -0.1) is 0 Å². The van der Waals surface area contributed by atoms with Crippen LogP contribution in [0, 0.1) is 19.7 Å². The van der Waals surface area contributed by atoms with E-state index in [1.165, 1.54) is 11.0 Å². The smallest absolute Gasteiger partial charge is 0.246 e. The minimum absolute atomic E-state index is 0.107. The molecule has 0 saturated heterocycles. The molecule has 2 amide bonds. The molecule has 4 rings (SSSR count). The number of rotatable bonds is 4. The lowest BCUT2D eigenvalue weighted by atomic mass is 9.86. The Labute approximate surface area is 178 Å². The van der Waals surface area contributed by atoms with Crippen molar-refractivity contribution in [3.8, 4) is 11.1 Å². The van der Waals surface area contributed by atoms with Crippen molar-refractivity contribution in [3.05, 3.63) is 70.7 Å². The van der Waals surface area contributed by atoms with Gasteiger partial charge in [-0.05, 0) is 48.2 Å². The van der Waals surface area contributed by atoms with Gasteiger partial charge in [-0.2, -0.15) is 0 Å². The Balaban J connectivity index is 1.98. The van der Waals surface area contributed by atoms with Gasteiger partial charge < -0.3 is 15.6 Å². The first-order chi connectivity index (χ1) is 14.7. The number of aromatic amines is 1. The highest BCUT2D eigenvalue weighted by Crippen LogP contribution is 2.43. The molecular formula is C24H23F2N3O2. The van der Waals surface area contributed by atoms with Crippen LogP contribution in [0.5, 0.6) is 0 Å². The lowest BCUT2D eigenvalue weighted by Crippen LogP contribution is -2.36. The fraction of sp³-hybridized carbons (Fsp3) is 0.250. The van der Waals surface area contributed by atoms with E-state index in [1.54, 1.807) is 18.2 Å². The number of aromatic nitrogens is 1. The zero-order valence-corrected chi connectivity index (χ0v) is 17.4. The molecule has 0 saturated carbocycles. The number of carbonyl (C=O) groups is 2. The first-order valence-electron chi connectivity index (χ1n) is 9.99. The Bertz CT molecular complexity index is 1250. The number of nitrogens with one attached hydrogen (secondary N) is 1. The summed E-state index contributed by atoms with van der Waals surface area (Å²) in [6, 6.07) is 6.48. The van der Waals surface area contributed by atoms with E-state index in [1.807, 2.05) is 13.8 Å². The molecule has 160 valence electrons. The summed E-state index contributed by atoms with van der Waals surface area (Å²) < 4.78 is 30.8. The number of hydrogen-bond donors (Lipinski definition) is 2. The second kappa shape index (κ2) is 7.65. The summed E-state index contributed by atoms with van der Waals surface area (Å²) in [5.74, 6) is -1.46. The molecule has 2 aromatic carbocycles. The highest BCUT2D eigenvalue weighted by molar-refractivity contribution is 6.02. The molecule has 1 unspecified atom stereocenters. The van der Waals surface area contributed by atoms with Crippen LogP contribution in [0.1, 0.15) is 34.1 Å². The van der Waals surface area contributed by atoms with Crippen LogP contribution >= 0.6 is 0 Å². The topological polar surface area (TPSA) is 79.2 Å². The second-order valence-corrected chi connectivity index (χ2v) is 7.93. The monoisotopic (exact) mass is 423 g/mol. The van der Waals surface area contributed by atoms with Crippen molar-refractivity contribution in [3.63, 3.8) is 0 Å². The van der Waals surface area contributed by atoms with Crippen LogP contribution < -0.4 is 5.73 Å². The molecule has 0 radical (unpaired) electrons. The number of H-pyrrole nitrogens is 1. The highest BCUT2D eigenvalue weighted by Gasteiger charge is 2.31. The number of amides is 2. The van der Waals surface area contributed by atoms with E-state index in [4.69, 9.17) is 5.73 Å². The number of carbonyl (C=O) groups excluding carboxylic acids is 2. The van der Waals surface area contributed by atoms with Crippen LogP contribution in [0.25, 0.3) is 22.0 Å². The summed E-state index contributed by atoms with van der Waals surface area (Å²) in [5.41, 5.74) is 9.84. The first kappa shape index (κ1) is 20.8. The fourth-order valence-electron chi connectivity index (χ4n) is 4.47. The molecule has 5 nitrogen and oxygen atoms in total. The Morgan fingerprint density at radius 2 is 2.10 bits per heavy atom. The van der Waals surface area contributed by atoms with Crippen LogP contribution in [0.3, 0.4) is 0 Å². The molecule has 0 aliphatic carbocycles. The van der Waals surface area contributed by atoms with Crippen molar-refractivity contribution >= 4 is 22.7 Å². The highest BCUT2D eigenvalue weighted by atomic mass is 19.1. The lowest BCUT2D eigenvalue weighted by Gasteiger charge is -2.32. The third-order valence-corrected chi connectivity index (χ3v) is 5.98. The van der Waals surface area contributed by atoms with Crippen molar-refractivity contribution in [2.45, 2.75) is 33.0 Å². The average Bonchev–Trinajstić information content (AvgIpc) is 3.01. The van der Waals surface area contributed by atoms with Gasteiger partial charge in [0.05, 0.1) is 18.5 Å². The molecule has 1 atom stereocenters. The van der Waals surface area contributed by atoms with E-state index >= 15 is 8.78 Å². The summed E-state index contributed by atoms with van der Waals surface area (Å²) in [6.07, 6.45) is -0.414. The molecular weight excluding hydrogens is 400 g/mol. The maximum absolute atomic E-state index is 15.5. The number of aryl methyl sites for hydroxylation is 2. The summed E-state index contributed by atoms with van der Waals surface area (Å²) in [6.45, 7) is 7.30. The molecule has 7 heteroatoms. The number of alkyl halides is 1. The Morgan fingerprint density at radius 3 is 2.77 bits per heavy atom. The van der Waals surface area contributed by atoms with E-state index in [0.29, 0.717) is 33.2 Å². The standard InChI is InChI=1S/C24H23F2N3O2/c1-4-20(31)29-10-14-6-5-7-16(22(14)18(26)11-29)23-17(25)8-15(9-19(27)30)24-21(23)12(2)13(3)28-24/h4-8,18,28H,1,9-11H2,2-3H3,(H2,27,30). The normalized spacial score (nSPS) is 15.7. The van der Waals surface area contributed by atoms with Crippen LogP contribution in [-0.2, 0) is 22.6 Å². The van der Waals surface area contributed by atoms with Gasteiger partial charge in [-0.3, -0.25) is 9.59 Å². The summed E-state index contributed by atoms with van der Waals surface area (Å²) in [5, 5.41) is 0.610. The number of nitrogens with two attached hydrogens (primary N) is 1. The minimum atomic E-state index is -1.47. The van der Waals surface area contributed by atoms with E-state index in [-0.39, 0.29) is 31.0 Å². The minimum Gasteiger partial charge on any atom is -0.369 e. The third-order valence-electron chi connectivity index (χ3n) is 5.98. The van der Waals surface area contributed by atoms with Crippen molar-refractivity contribution < 1.29 is 18.4 Å². The molecule has 31 heavy (non-hydrogen) atoms. The van der Waals surface area contributed by atoms with Crippen LogP contribution in [0.2, 0.25) is 0 Å². The van der Waals surface area contributed by atoms with Crippen molar-refractivity contribution in [1.29, 1.82) is 0 Å². The Morgan fingerprint density at radius 1 is 1.35 bits per heavy atom. The lowest BCUT2D eigenvalue weighted by molar-refractivity contribution is -0.128. The quantitative estimate of drug-likeness (QED) is 0.618. The Kier molecular flexibility index (Phi) is 5.13. The molecule has 0 spiro atoms. The van der Waals surface area contributed by atoms with E-state index < -0.39 is 17.9 Å². The molecule has 3 N–H and O–H groups in total. The predicted octanol–water partition coefficient (Wildman–Crippen LogP) is 4.16. The maximum atomic E-state index is 15.5. The molecule has 0 bridgehead atoms. The first-order valence-corrected chi connectivity index (χ1v) is 9.99. The van der Waals surface area contributed by atoms with Crippen LogP contribution in [-0.4, -0.2) is 28.2 Å². The summed E-state index contributed by atoms with van der Waals surface area (Å²) in [7, 11) is 0. The maximum Gasteiger partial charge on any atom is 0.246 e. The van der Waals surface area contributed by atoms with Crippen LogP contribution in [0.4, 0.5) is 8.78 Å². The SMILES string of the molecule is C=CC(=O)N1Cc2cccc(-c3c(F)cc(CC(N)=O)c4[nH]c(C)c(C)c34)c2C(F)C1. The van der Waals surface area contributed by atoms with E-state index in [2.05, 4.69) is 11.6 Å². The Hall–Kier alpha value is -3.48. The summed E-state index contributed by atoms with van der Waals surface area (Å²) >= 11 is 0. The van der Waals surface area contributed by atoms with Gasteiger partial charge in [0, 0.05) is 28.8 Å². The van der Waals surface area contributed by atoms with Gasteiger partial charge in [-0.1, -0.05) is 24.8 Å². The second-order valence-electron chi connectivity index (χ2n) is 7.93. The average molecular weight is 423 g/mol. The molecule has 2 heterocycles. The fourth-order valence-corrected chi connectivity index (χ4v) is 4.47. The zero-order chi connectivity index (χ0) is 22.4. The molecule has 1 aliphatic rings. The molecule has 0 fully saturated rings. The van der Waals surface area contributed by atoms with Crippen molar-refractivity contribution in [2.75, 3.05) is 6.54 Å². The number of halogens is 2. The number of nitrogens with zero attached hydrogens (tertiary/aromatic N) is 1. The van der Waals surface area contributed by atoms with Gasteiger partial charge in [0.25, 0.3) is 0 Å². The molecule has 1 aliphatic heterocycles. The van der Waals surface area contributed by atoms with Gasteiger partial charge in [0.15, 0.2) is 0 Å². The van der Waals surface area contributed by atoms with Crippen LogP contribution in [0.15, 0.2) is 36.9 Å². The summed E-state index contributed by atoms with van der Waals surface area (Å²) in [4.78, 5) is 28.1. The van der Waals surface area contributed by atoms with Crippen molar-refractivity contribution in [1.82, 2.24) is 9.88 Å². The van der Waals surface area contributed by atoms with E-state index in [9.17, 15) is 9.59 Å². The third kappa shape index (κ3) is 3.40. The predicted molar refractivity (Wildman–Crippen MR) is 116 cm³/mol. The van der Waals surface area contributed by atoms with Gasteiger partial charge >= 0.3 is 0 Å².